The molecule has 19 heteroatoms. The Balaban J connectivity index is 5.32. The first-order valence-electron chi connectivity index (χ1n) is 39.8. The number of ether oxygens (including phenoxy) is 4. The maximum atomic E-state index is 13.1. The number of allylic oxidation sites excluding steroid dienone is 14. The summed E-state index contributed by atoms with van der Waals surface area (Å²) in [5.74, 6) is -2.18. The zero-order chi connectivity index (χ0) is 73.2. The number of phosphoric acid groups is 2. The minimum absolute atomic E-state index is 0.0958. The van der Waals surface area contributed by atoms with E-state index < -0.39 is 97.5 Å². The predicted molar refractivity (Wildman–Crippen MR) is 409 cm³/mol. The third kappa shape index (κ3) is 72.6. The molecule has 100 heavy (non-hydrogen) atoms. The molecule has 0 saturated heterocycles. The van der Waals surface area contributed by atoms with Crippen molar-refractivity contribution in [3.8, 4) is 0 Å². The van der Waals surface area contributed by atoms with Crippen LogP contribution >= 0.6 is 15.6 Å². The SMILES string of the molecule is CC/C=C\C/C=C\C/C=C\C/C=C\CCCCCCCCC(=O)OCC(COP(=O)(O)OCC(O)COP(=O)(O)OCC(COC(=O)CCCCCCC/C=C\C/C=C\C/C=C\CC)OC(=O)CCCCCCCCCCCCCCC)OC(=O)CCCCCCCCCCCCCCC. The van der Waals surface area contributed by atoms with Crippen molar-refractivity contribution in [2.45, 2.75) is 367 Å². The van der Waals surface area contributed by atoms with E-state index in [1.54, 1.807) is 0 Å². The van der Waals surface area contributed by atoms with Crippen LogP contribution in [0.3, 0.4) is 0 Å². The van der Waals surface area contributed by atoms with Crippen molar-refractivity contribution in [1.82, 2.24) is 0 Å². The summed E-state index contributed by atoms with van der Waals surface area (Å²) in [6.07, 6.45) is 75.6. The monoisotopic (exact) mass is 1450 g/mol. The molecule has 5 atom stereocenters. The predicted octanol–water partition coefficient (Wildman–Crippen LogP) is 23.0. The van der Waals surface area contributed by atoms with Gasteiger partial charge in [0.1, 0.15) is 19.3 Å². The molecule has 0 saturated carbocycles. The van der Waals surface area contributed by atoms with Crippen LogP contribution < -0.4 is 0 Å². The minimum Gasteiger partial charge on any atom is -0.462 e. The summed E-state index contributed by atoms with van der Waals surface area (Å²) >= 11 is 0. The molecule has 0 aromatic carbocycles. The number of hydrogen-bond acceptors (Lipinski definition) is 15. The largest absolute Gasteiger partial charge is 0.472 e. The highest BCUT2D eigenvalue weighted by Crippen LogP contribution is 2.45. The molecule has 0 aliphatic heterocycles. The van der Waals surface area contributed by atoms with Crippen LogP contribution in [-0.2, 0) is 65.4 Å². The summed E-state index contributed by atoms with van der Waals surface area (Å²) in [5.41, 5.74) is 0. The number of aliphatic hydroxyl groups excluding tert-OH is 1. The lowest BCUT2D eigenvalue weighted by Gasteiger charge is -2.21. The molecule has 17 nitrogen and oxygen atoms in total. The average Bonchev–Trinajstić information content (AvgIpc) is 0.935. The zero-order valence-corrected chi connectivity index (χ0v) is 65.2. The Hall–Kier alpha value is -3.76. The van der Waals surface area contributed by atoms with Crippen molar-refractivity contribution in [2.24, 2.45) is 0 Å². The van der Waals surface area contributed by atoms with Crippen LogP contribution in [0.4, 0.5) is 0 Å². The Morgan fingerprint density at radius 1 is 0.290 bits per heavy atom. The van der Waals surface area contributed by atoms with Gasteiger partial charge in [-0.2, -0.15) is 0 Å². The molecule has 0 fully saturated rings. The quantitative estimate of drug-likeness (QED) is 0.0169. The third-order valence-electron chi connectivity index (χ3n) is 16.9. The van der Waals surface area contributed by atoms with Crippen LogP contribution in [0.1, 0.15) is 349 Å². The van der Waals surface area contributed by atoms with E-state index in [0.29, 0.717) is 25.7 Å². The van der Waals surface area contributed by atoms with Gasteiger partial charge >= 0.3 is 39.5 Å². The average molecular weight is 1450 g/mol. The van der Waals surface area contributed by atoms with Gasteiger partial charge in [-0.3, -0.25) is 37.3 Å². The van der Waals surface area contributed by atoms with Crippen molar-refractivity contribution >= 4 is 39.5 Å². The Kier molecular flexibility index (Phi) is 70.8. The molecule has 0 bridgehead atoms. The number of carbonyl (C=O) groups is 4. The van der Waals surface area contributed by atoms with Gasteiger partial charge in [0.15, 0.2) is 12.2 Å². The summed E-state index contributed by atoms with van der Waals surface area (Å²) in [4.78, 5) is 73.0. The first-order valence-corrected chi connectivity index (χ1v) is 42.8. The normalized spacial score (nSPS) is 14.3. The number of phosphoric ester groups is 2. The Morgan fingerprint density at radius 2 is 0.520 bits per heavy atom. The molecule has 3 N–H and O–H groups in total. The van der Waals surface area contributed by atoms with Crippen molar-refractivity contribution in [2.75, 3.05) is 39.6 Å². The summed E-state index contributed by atoms with van der Waals surface area (Å²) in [6, 6.07) is 0. The standard InChI is InChI=1S/C81H144O17P2/c1-5-9-13-17-21-25-29-33-35-36-37-38-40-44-46-50-54-58-62-66-79(84)92-72-77(98-81(86)68-64-60-56-52-48-42-32-28-24-20-16-12-8-4)74-96-100(89,90)94-70-75(82)69-93-99(87,88)95-73-76(97-80(85)67-63-59-55-51-47-41-31-27-23-19-15-11-7-3)71-91-78(83)65-61-57-53-49-45-43-39-34-30-26-22-18-14-10-6-2/h9-10,13-14,21-22,25-26,33-35,37-39,75-77,82H,5-8,11-12,15-20,23-24,27-32,36,40-74H2,1-4H3,(H,87,88)(H,89,90)/b13-9-,14-10-,25-21-,26-22-,35-33-,38-37-,39-34-. The van der Waals surface area contributed by atoms with Gasteiger partial charge < -0.3 is 33.8 Å². The summed E-state index contributed by atoms with van der Waals surface area (Å²) in [5, 5.41) is 10.6. The van der Waals surface area contributed by atoms with Crippen molar-refractivity contribution in [1.29, 1.82) is 0 Å². The molecule has 0 rings (SSSR count). The van der Waals surface area contributed by atoms with Crippen LogP contribution in [0.2, 0.25) is 0 Å². The van der Waals surface area contributed by atoms with E-state index in [2.05, 4.69) is 113 Å². The second kappa shape index (κ2) is 73.5. The molecule has 0 radical (unpaired) electrons. The van der Waals surface area contributed by atoms with E-state index in [1.165, 1.54) is 103 Å². The van der Waals surface area contributed by atoms with Crippen LogP contribution in [0.25, 0.3) is 0 Å². The van der Waals surface area contributed by atoms with Crippen molar-refractivity contribution < 1.29 is 80.2 Å². The topological polar surface area (TPSA) is 237 Å². The summed E-state index contributed by atoms with van der Waals surface area (Å²) in [7, 11) is -9.95. The van der Waals surface area contributed by atoms with Gasteiger partial charge in [0.25, 0.3) is 0 Å². The fraction of sp³-hybridized carbons (Fsp3) is 0.778. The maximum absolute atomic E-state index is 13.1. The second-order valence-corrected chi connectivity index (χ2v) is 29.5. The third-order valence-corrected chi connectivity index (χ3v) is 18.8. The molecule has 580 valence electrons. The number of esters is 4. The number of hydrogen-bond donors (Lipinski definition) is 3. The fourth-order valence-electron chi connectivity index (χ4n) is 10.9. The van der Waals surface area contributed by atoms with Crippen LogP contribution in [-0.4, -0.2) is 96.7 Å². The minimum atomic E-state index is -4.97. The van der Waals surface area contributed by atoms with Crippen LogP contribution in [0.5, 0.6) is 0 Å². The molecular weight excluding hydrogens is 1310 g/mol. The molecule has 0 heterocycles. The maximum Gasteiger partial charge on any atom is 0.472 e. The van der Waals surface area contributed by atoms with Gasteiger partial charge in [-0.05, 0) is 96.3 Å². The lowest BCUT2D eigenvalue weighted by molar-refractivity contribution is -0.161. The molecule has 0 spiro atoms. The van der Waals surface area contributed by atoms with Gasteiger partial charge in [-0.25, -0.2) is 9.13 Å². The van der Waals surface area contributed by atoms with E-state index in [0.717, 1.165) is 167 Å². The van der Waals surface area contributed by atoms with E-state index in [9.17, 15) is 43.2 Å². The van der Waals surface area contributed by atoms with Crippen LogP contribution in [0.15, 0.2) is 85.1 Å². The Morgan fingerprint density at radius 3 is 0.800 bits per heavy atom. The Bertz CT molecular complexity index is 2230. The number of carbonyl (C=O) groups excluding carboxylic acids is 4. The van der Waals surface area contributed by atoms with Gasteiger partial charge in [0, 0.05) is 25.7 Å². The molecular formula is C81H144O17P2. The van der Waals surface area contributed by atoms with Crippen molar-refractivity contribution in [3.63, 3.8) is 0 Å². The van der Waals surface area contributed by atoms with Gasteiger partial charge in [0.2, 0.25) is 0 Å². The number of rotatable bonds is 75. The van der Waals surface area contributed by atoms with Gasteiger partial charge in [-0.1, -0.05) is 312 Å². The summed E-state index contributed by atoms with van der Waals surface area (Å²) in [6.45, 7) is 4.67. The molecule has 0 aromatic heterocycles. The lowest BCUT2D eigenvalue weighted by Crippen LogP contribution is -2.30. The highest BCUT2D eigenvalue weighted by atomic mass is 31.2. The smallest absolute Gasteiger partial charge is 0.462 e. The highest BCUT2D eigenvalue weighted by molar-refractivity contribution is 7.47. The lowest BCUT2D eigenvalue weighted by atomic mass is 10.0. The van der Waals surface area contributed by atoms with Gasteiger partial charge in [0.05, 0.1) is 26.4 Å². The van der Waals surface area contributed by atoms with E-state index >= 15 is 0 Å². The first-order chi connectivity index (χ1) is 48.7. The number of unbranched alkanes of at least 4 members (excludes halogenated alkanes) is 35. The highest BCUT2D eigenvalue weighted by Gasteiger charge is 2.30. The van der Waals surface area contributed by atoms with E-state index in [4.69, 9.17) is 37.0 Å². The zero-order valence-electron chi connectivity index (χ0n) is 63.4. The van der Waals surface area contributed by atoms with Crippen LogP contribution in [0, 0.1) is 0 Å². The molecule has 5 unspecified atom stereocenters. The summed E-state index contributed by atoms with van der Waals surface area (Å²) < 4.78 is 68.6. The van der Waals surface area contributed by atoms with E-state index in [1.807, 2.05) is 0 Å². The molecule has 0 amide bonds. The molecule has 0 aliphatic carbocycles. The molecule has 0 aliphatic rings. The first kappa shape index (κ1) is 96.2. The number of aliphatic hydroxyl groups is 1. The van der Waals surface area contributed by atoms with Crippen molar-refractivity contribution in [3.05, 3.63) is 85.1 Å². The Labute approximate surface area is 608 Å². The van der Waals surface area contributed by atoms with Gasteiger partial charge in [-0.15, -0.1) is 0 Å². The fourth-order valence-corrected chi connectivity index (χ4v) is 12.5. The second-order valence-electron chi connectivity index (χ2n) is 26.6. The molecule has 0 aromatic rings. The van der Waals surface area contributed by atoms with E-state index in [-0.39, 0.29) is 25.7 Å².